The number of nitrogens with zero attached hydrogens (tertiary/aromatic N) is 1. The molecule has 0 aliphatic heterocycles. The number of hydrogen-bond acceptors (Lipinski definition) is 4. The van der Waals surface area contributed by atoms with Crippen LogP contribution in [0.25, 0.3) is 0 Å². The molecule has 0 saturated heterocycles. The highest BCUT2D eigenvalue weighted by Gasteiger charge is 2.00. The van der Waals surface area contributed by atoms with Gasteiger partial charge in [0.15, 0.2) is 0 Å². The first kappa shape index (κ1) is 13.4. The van der Waals surface area contributed by atoms with E-state index < -0.39 is 0 Å². The minimum Gasteiger partial charge on any atom is -0.330 e. The standard InChI is InChI=1S/C12H20N4O/c1-3-4-10(5-6-13)15-16-11-7-12(17)14-8-9(11)2/h7-8H,3-6,13H2,1-2H3,(H2,14,16,17)/b15-10+. The molecule has 94 valence electrons. The number of hydrogen-bond donors (Lipinski definition) is 3. The van der Waals surface area contributed by atoms with Crippen LogP contribution in [0.15, 0.2) is 22.2 Å². The number of rotatable bonds is 6. The Labute approximate surface area is 101 Å². The average Bonchev–Trinajstić information content (AvgIpc) is 2.30. The lowest BCUT2D eigenvalue weighted by atomic mass is 10.2. The first-order chi connectivity index (χ1) is 8.17. The van der Waals surface area contributed by atoms with E-state index in [0.717, 1.165) is 36.2 Å². The smallest absolute Gasteiger partial charge is 0.250 e. The summed E-state index contributed by atoms with van der Waals surface area (Å²) >= 11 is 0. The zero-order valence-corrected chi connectivity index (χ0v) is 10.4. The second-order valence-electron chi connectivity index (χ2n) is 3.97. The summed E-state index contributed by atoms with van der Waals surface area (Å²) in [6, 6.07) is 1.50. The molecule has 1 aromatic rings. The summed E-state index contributed by atoms with van der Waals surface area (Å²) < 4.78 is 0. The summed E-state index contributed by atoms with van der Waals surface area (Å²) in [4.78, 5) is 13.8. The van der Waals surface area contributed by atoms with Gasteiger partial charge in [0.2, 0.25) is 5.56 Å². The van der Waals surface area contributed by atoms with Gasteiger partial charge < -0.3 is 10.7 Å². The summed E-state index contributed by atoms with van der Waals surface area (Å²) in [6.07, 6.45) is 4.41. The van der Waals surface area contributed by atoms with Crippen molar-refractivity contribution in [2.24, 2.45) is 10.8 Å². The predicted molar refractivity (Wildman–Crippen MR) is 71.4 cm³/mol. The Morgan fingerprint density at radius 3 is 2.94 bits per heavy atom. The number of hydrazone groups is 1. The number of aryl methyl sites for hydroxylation is 1. The van der Waals surface area contributed by atoms with Crippen LogP contribution in [0.3, 0.4) is 0 Å². The fourth-order valence-corrected chi connectivity index (χ4v) is 1.50. The van der Waals surface area contributed by atoms with Crippen LogP contribution in [-0.4, -0.2) is 17.2 Å². The molecular formula is C12H20N4O. The van der Waals surface area contributed by atoms with Crippen molar-refractivity contribution in [1.82, 2.24) is 4.98 Å². The Kier molecular flexibility index (Phi) is 5.42. The molecule has 17 heavy (non-hydrogen) atoms. The molecule has 0 bridgehead atoms. The quantitative estimate of drug-likeness (QED) is 0.518. The molecule has 4 N–H and O–H groups in total. The summed E-state index contributed by atoms with van der Waals surface area (Å²) in [5.74, 6) is 0. The lowest BCUT2D eigenvalue weighted by Crippen LogP contribution is -2.11. The maximum Gasteiger partial charge on any atom is 0.250 e. The lowest BCUT2D eigenvalue weighted by molar-refractivity contribution is 0.930. The Morgan fingerprint density at radius 2 is 2.29 bits per heavy atom. The van der Waals surface area contributed by atoms with Gasteiger partial charge in [0.1, 0.15) is 0 Å². The van der Waals surface area contributed by atoms with E-state index in [1.165, 1.54) is 6.07 Å². The van der Waals surface area contributed by atoms with E-state index in [1.54, 1.807) is 6.20 Å². The largest absolute Gasteiger partial charge is 0.330 e. The van der Waals surface area contributed by atoms with E-state index in [-0.39, 0.29) is 5.56 Å². The fraction of sp³-hybridized carbons (Fsp3) is 0.500. The minimum absolute atomic E-state index is 0.135. The van der Waals surface area contributed by atoms with Crippen LogP contribution in [0.4, 0.5) is 5.69 Å². The molecule has 5 nitrogen and oxygen atoms in total. The highest BCUT2D eigenvalue weighted by Crippen LogP contribution is 2.10. The molecule has 0 atom stereocenters. The van der Waals surface area contributed by atoms with Gasteiger partial charge in [-0.2, -0.15) is 5.10 Å². The van der Waals surface area contributed by atoms with Crippen molar-refractivity contribution < 1.29 is 0 Å². The van der Waals surface area contributed by atoms with Crippen LogP contribution in [0, 0.1) is 6.92 Å². The highest BCUT2D eigenvalue weighted by atomic mass is 16.1. The van der Waals surface area contributed by atoms with Crippen LogP contribution in [-0.2, 0) is 0 Å². The van der Waals surface area contributed by atoms with E-state index in [9.17, 15) is 4.79 Å². The van der Waals surface area contributed by atoms with Gasteiger partial charge in [0.05, 0.1) is 5.69 Å². The van der Waals surface area contributed by atoms with E-state index in [2.05, 4.69) is 22.4 Å². The first-order valence-electron chi connectivity index (χ1n) is 5.88. The molecule has 1 aromatic heterocycles. The zero-order valence-electron chi connectivity index (χ0n) is 10.4. The number of aromatic nitrogens is 1. The molecule has 0 radical (unpaired) electrons. The van der Waals surface area contributed by atoms with Gasteiger partial charge in [0.25, 0.3) is 0 Å². The second kappa shape index (κ2) is 6.85. The van der Waals surface area contributed by atoms with Gasteiger partial charge in [0, 0.05) is 18.0 Å². The van der Waals surface area contributed by atoms with Crippen molar-refractivity contribution in [3.05, 3.63) is 28.2 Å². The van der Waals surface area contributed by atoms with E-state index in [0.29, 0.717) is 6.54 Å². The monoisotopic (exact) mass is 236 g/mol. The Morgan fingerprint density at radius 1 is 1.53 bits per heavy atom. The van der Waals surface area contributed by atoms with Gasteiger partial charge in [-0.05, 0) is 31.9 Å². The highest BCUT2D eigenvalue weighted by molar-refractivity contribution is 5.85. The number of nitrogens with two attached hydrogens (primary N) is 1. The lowest BCUT2D eigenvalue weighted by Gasteiger charge is -2.07. The van der Waals surface area contributed by atoms with Crippen molar-refractivity contribution in [2.75, 3.05) is 12.0 Å². The average molecular weight is 236 g/mol. The minimum atomic E-state index is -0.135. The maximum atomic E-state index is 11.2. The van der Waals surface area contributed by atoms with E-state index in [4.69, 9.17) is 5.73 Å². The number of anilines is 1. The molecule has 0 spiro atoms. The Hall–Kier alpha value is -1.62. The van der Waals surface area contributed by atoms with Crippen molar-refractivity contribution in [3.8, 4) is 0 Å². The summed E-state index contributed by atoms with van der Waals surface area (Å²) in [5.41, 5.74) is 11.0. The molecule has 0 aliphatic rings. The number of nitrogens with one attached hydrogen (secondary N) is 2. The third-order valence-electron chi connectivity index (χ3n) is 2.44. The Bertz CT molecular complexity index is 428. The molecule has 1 heterocycles. The SMILES string of the molecule is CCC/C(CCN)=N\Nc1cc(=O)[nH]cc1C. The normalized spacial score (nSPS) is 11.6. The zero-order chi connectivity index (χ0) is 12.7. The van der Waals surface area contributed by atoms with E-state index in [1.807, 2.05) is 6.92 Å². The fourth-order valence-electron chi connectivity index (χ4n) is 1.50. The predicted octanol–water partition coefficient (Wildman–Crippen LogP) is 1.60. The van der Waals surface area contributed by atoms with Crippen molar-refractivity contribution in [3.63, 3.8) is 0 Å². The van der Waals surface area contributed by atoms with Gasteiger partial charge in [-0.1, -0.05) is 13.3 Å². The molecular weight excluding hydrogens is 216 g/mol. The first-order valence-corrected chi connectivity index (χ1v) is 5.88. The third-order valence-corrected chi connectivity index (χ3v) is 2.44. The van der Waals surface area contributed by atoms with Crippen molar-refractivity contribution in [2.45, 2.75) is 33.1 Å². The third kappa shape index (κ3) is 4.40. The molecule has 0 aliphatic carbocycles. The van der Waals surface area contributed by atoms with E-state index >= 15 is 0 Å². The van der Waals surface area contributed by atoms with Gasteiger partial charge in [-0.25, -0.2) is 0 Å². The second-order valence-corrected chi connectivity index (χ2v) is 3.97. The van der Waals surface area contributed by atoms with Crippen LogP contribution in [0.2, 0.25) is 0 Å². The molecule has 0 unspecified atom stereocenters. The summed E-state index contributed by atoms with van der Waals surface area (Å²) in [5, 5.41) is 4.31. The molecule has 0 saturated carbocycles. The molecule has 0 aromatic carbocycles. The van der Waals surface area contributed by atoms with Gasteiger partial charge in [-0.15, -0.1) is 0 Å². The van der Waals surface area contributed by atoms with Crippen LogP contribution in [0.5, 0.6) is 0 Å². The maximum absolute atomic E-state index is 11.2. The molecule has 0 fully saturated rings. The summed E-state index contributed by atoms with van der Waals surface area (Å²) in [7, 11) is 0. The van der Waals surface area contributed by atoms with Crippen molar-refractivity contribution in [1.29, 1.82) is 0 Å². The van der Waals surface area contributed by atoms with Gasteiger partial charge in [-0.3, -0.25) is 10.2 Å². The van der Waals surface area contributed by atoms with Gasteiger partial charge >= 0.3 is 0 Å². The van der Waals surface area contributed by atoms with Crippen LogP contribution < -0.4 is 16.7 Å². The number of pyridine rings is 1. The van der Waals surface area contributed by atoms with Crippen LogP contribution in [0.1, 0.15) is 31.7 Å². The molecule has 0 amide bonds. The number of aromatic amines is 1. The summed E-state index contributed by atoms with van der Waals surface area (Å²) in [6.45, 7) is 4.61. The topological polar surface area (TPSA) is 83.3 Å². The van der Waals surface area contributed by atoms with Crippen LogP contribution >= 0.6 is 0 Å². The molecule has 5 heteroatoms. The number of H-pyrrole nitrogens is 1. The van der Waals surface area contributed by atoms with Crippen molar-refractivity contribution >= 4 is 11.4 Å². The molecule has 1 rings (SSSR count). The Balaban J connectivity index is 2.78.